The average Bonchev–Trinajstić information content (AvgIpc) is 2.38. The Kier molecular flexibility index (Phi) is 3.46. The molecule has 0 aromatic carbocycles. The Hall–Kier alpha value is -1.79. The van der Waals surface area contributed by atoms with Crippen molar-refractivity contribution < 1.29 is 14.0 Å². The van der Waals surface area contributed by atoms with Gasteiger partial charge in [-0.25, -0.2) is 4.39 Å². The maximum Gasteiger partial charge on any atom is 0.252 e. The molecule has 0 unspecified atom stereocenters. The summed E-state index contributed by atoms with van der Waals surface area (Å²) in [7, 11) is 1.48. The second-order valence-corrected chi connectivity index (χ2v) is 3.50. The number of hydrogen-bond acceptors (Lipinski definition) is 4. The molecule has 1 aliphatic rings. The molecule has 2 N–H and O–H groups in total. The highest BCUT2D eigenvalue weighted by molar-refractivity contribution is 5.93. The van der Waals surface area contributed by atoms with Crippen molar-refractivity contribution in [2.24, 2.45) is 0 Å². The number of carbonyl (C=O) groups excluding carboxylic acids is 1. The first-order chi connectivity index (χ1) is 8.22. The summed E-state index contributed by atoms with van der Waals surface area (Å²) >= 11 is 0. The topological polar surface area (TPSA) is 63.2 Å². The number of amides is 1. The second-order valence-electron chi connectivity index (χ2n) is 3.50. The molecular formula is C11H12FN3O2. The summed E-state index contributed by atoms with van der Waals surface area (Å²) in [6, 6.07) is 1.17. The maximum atomic E-state index is 13.8. The van der Waals surface area contributed by atoms with Gasteiger partial charge in [-0.2, -0.15) is 5.48 Å². The highest BCUT2D eigenvalue weighted by Crippen LogP contribution is 2.18. The van der Waals surface area contributed by atoms with Gasteiger partial charge in [-0.1, -0.05) is 6.08 Å². The van der Waals surface area contributed by atoms with Crippen LogP contribution in [0, 0.1) is 5.82 Å². The van der Waals surface area contributed by atoms with Crippen molar-refractivity contribution in [3.8, 4) is 0 Å². The summed E-state index contributed by atoms with van der Waals surface area (Å²) in [5, 5.41) is 2.41. The fraction of sp³-hybridized carbons (Fsp3) is 0.273. The third-order valence-electron chi connectivity index (χ3n) is 2.40. The predicted octanol–water partition coefficient (Wildman–Crippen LogP) is 0.498. The van der Waals surface area contributed by atoms with E-state index in [0.717, 1.165) is 0 Å². The molecule has 5 nitrogen and oxygen atoms in total. The highest BCUT2D eigenvalue weighted by Gasteiger charge is 2.15. The van der Waals surface area contributed by atoms with Crippen LogP contribution in [0.25, 0.3) is 5.57 Å². The van der Waals surface area contributed by atoms with Crippen LogP contribution in [-0.4, -0.2) is 31.1 Å². The number of halogens is 1. The number of hydroxylamine groups is 1. The Morgan fingerprint density at radius 1 is 1.65 bits per heavy atom. The third-order valence-corrected chi connectivity index (χ3v) is 2.40. The van der Waals surface area contributed by atoms with E-state index < -0.39 is 5.82 Å². The Morgan fingerprint density at radius 2 is 2.47 bits per heavy atom. The van der Waals surface area contributed by atoms with Crippen LogP contribution >= 0.6 is 0 Å². The van der Waals surface area contributed by atoms with Crippen molar-refractivity contribution in [3.63, 3.8) is 0 Å². The van der Waals surface area contributed by atoms with E-state index >= 15 is 0 Å². The minimum atomic E-state index is -0.525. The van der Waals surface area contributed by atoms with Gasteiger partial charge >= 0.3 is 0 Å². The van der Waals surface area contributed by atoms with E-state index in [2.05, 4.69) is 15.8 Å². The number of aromatic nitrogens is 1. The van der Waals surface area contributed by atoms with Gasteiger partial charge < -0.3 is 5.32 Å². The molecule has 90 valence electrons. The minimum absolute atomic E-state index is 0.198. The number of carbonyl (C=O) groups is 1. The molecule has 1 aromatic heterocycles. The lowest BCUT2D eigenvalue weighted by Crippen LogP contribution is -2.22. The van der Waals surface area contributed by atoms with Crippen LogP contribution in [-0.2, 0) is 4.84 Å². The number of nitrogens with one attached hydrogen (secondary N) is 2. The van der Waals surface area contributed by atoms with Crippen LogP contribution < -0.4 is 10.8 Å². The minimum Gasteiger partial charge on any atom is -0.355 e. The van der Waals surface area contributed by atoms with Crippen LogP contribution in [0.5, 0.6) is 0 Å². The summed E-state index contributed by atoms with van der Waals surface area (Å²) in [5.41, 5.74) is 3.74. The normalized spacial score (nSPS) is 15.3. The molecule has 0 aliphatic carbocycles. The molecule has 2 rings (SSSR count). The van der Waals surface area contributed by atoms with E-state index in [0.29, 0.717) is 12.1 Å². The highest BCUT2D eigenvalue weighted by atomic mass is 19.1. The number of pyridine rings is 1. The molecule has 0 bridgehead atoms. The van der Waals surface area contributed by atoms with Crippen LogP contribution in [0.1, 0.15) is 16.1 Å². The molecule has 0 atom stereocenters. The smallest absolute Gasteiger partial charge is 0.252 e. The largest absolute Gasteiger partial charge is 0.355 e. The lowest BCUT2D eigenvalue weighted by molar-refractivity contribution is 0.0675. The molecule has 1 amide bonds. The molecule has 0 saturated carbocycles. The molecule has 0 saturated heterocycles. The predicted molar refractivity (Wildman–Crippen MR) is 59.5 cm³/mol. The monoisotopic (exact) mass is 237 g/mol. The first-order valence-electron chi connectivity index (χ1n) is 5.14. The molecule has 0 fully saturated rings. The van der Waals surface area contributed by atoms with Gasteiger partial charge in [-0.3, -0.25) is 14.6 Å². The van der Waals surface area contributed by atoms with Gasteiger partial charge in [0, 0.05) is 25.4 Å². The fourth-order valence-electron chi connectivity index (χ4n) is 1.52. The third kappa shape index (κ3) is 2.48. The number of nitrogens with zero attached hydrogens (tertiary/aromatic N) is 1. The summed E-state index contributed by atoms with van der Waals surface area (Å²) in [6.45, 7) is 0.761. The number of hydrogen-bond donors (Lipinski definition) is 2. The molecule has 17 heavy (non-hydrogen) atoms. The van der Waals surface area contributed by atoms with Gasteiger partial charge in [0.1, 0.15) is 11.5 Å². The molecule has 0 radical (unpaired) electrons. The van der Waals surface area contributed by atoms with Crippen molar-refractivity contribution in [1.82, 2.24) is 15.8 Å². The Labute approximate surface area is 97.6 Å². The SMILES string of the molecule is CNC(=O)c1cnc(C2=CCNOC2)c(F)c1. The van der Waals surface area contributed by atoms with E-state index in [1.54, 1.807) is 6.08 Å². The van der Waals surface area contributed by atoms with E-state index in [4.69, 9.17) is 4.84 Å². The quantitative estimate of drug-likeness (QED) is 0.786. The summed E-state index contributed by atoms with van der Waals surface area (Å²) in [5.74, 6) is -0.888. The molecule has 2 heterocycles. The van der Waals surface area contributed by atoms with E-state index in [1.165, 1.54) is 19.3 Å². The summed E-state index contributed by atoms with van der Waals surface area (Å²) in [4.78, 5) is 20.2. The second kappa shape index (κ2) is 5.03. The lowest BCUT2D eigenvalue weighted by Gasteiger charge is -2.14. The fourth-order valence-corrected chi connectivity index (χ4v) is 1.52. The molecule has 0 spiro atoms. The van der Waals surface area contributed by atoms with Gasteiger partial charge in [0.25, 0.3) is 5.91 Å². The van der Waals surface area contributed by atoms with E-state index in [1.807, 2.05) is 0 Å². The Bertz CT molecular complexity index is 474. The Morgan fingerprint density at radius 3 is 3.06 bits per heavy atom. The molecular weight excluding hydrogens is 225 g/mol. The van der Waals surface area contributed by atoms with Crippen molar-refractivity contribution in [2.45, 2.75) is 0 Å². The number of rotatable bonds is 2. The molecule has 6 heteroatoms. The van der Waals surface area contributed by atoms with Gasteiger partial charge in [0.05, 0.1) is 12.2 Å². The first-order valence-corrected chi connectivity index (χ1v) is 5.14. The zero-order valence-corrected chi connectivity index (χ0v) is 9.29. The van der Waals surface area contributed by atoms with Gasteiger partial charge in [-0.05, 0) is 6.07 Å². The standard InChI is InChI=1S/C11H12FN3O2/c1-13-11(16)8-4-9(12)10(14-5-8)7-2-3-15-17-6-7/h2,4-5,15H,3,6H2,1H3,(H,13,16). The zero-order valence-electron chi connectivity index (χ0n) is 9.29. The van der Waals surface area contributed by atoms with Crippen LogP contribution in [0.2, 0.25) is 0 Å². The molecule has 1 aliphatic heterocycles. The average molecular weight is 237 g/mol. The molecule has 1 aromatic rings. The lowest BCUT2D eigenvalue weighted by atomic mass is 10.1. The van der Waals surface area contributed by atoms with Crippen molar-refractivity contribution in [2.75, 3.05) is 20.2 Å². The van der Waals surface area contributed by atoms with Crippen molar-refractivity contribution in [1.29, 1.82) is 0 Å². The van der Waals surface area contributed by atoms with Crippen LogP contribution in [0.3, 0.4) is 0 Å². The van der Waals surface area contributed by atoms with E-state index in [9.17, 15) is 9.18 Å². The Balaban J connectivity index is 2.31. The maximum absolute atomic E-state index is 13.8. The van der Waals surface area contributed by atoms with Gasteiger partial charge in [-0.15, -0.1) is 0 Å². The van der Waals surface area contributed by atoms with Crippen molar-refractivity contribution >= 4 is 11.5 Å². The van der Waals surface area contributed by atoms with Gasteiger partial charge in [0.15, 0.2) is 0 Å². The summed E-state index contributed by atoms with van der Waals surface area (Å²) in [6.07, 6.45) is 3.15. The van der Waals surface area contributed by atoms with E-state index in [-0.39, 0.29) is 23.8 Å². The van der Waals surface area contributed by atoms with Crippen LogP contribution in [0.15, 0.2) is 18.3 Å². The summed E-state index contributed by atoms with van der Waals surface area (Å²) < 4.78 is 13.8. The van der Waals surface area contributed by atoms with Crippen molar-refractivity contribution in [3.05, 3.63) is 35.4 Å². The zero-order chi connectivity index (χ0) is 12.3. The first kappa shape index (κ1) is 11.7. The van der Waals surface area contributed by atoms with Crippen LogP contribution in [0.4, 0.5) is 4.39 Å². The van der Waals surface area contributed by atoms with Gasteiger partial charge in [0.2, 0.25) is 0 Å².